The van der Waals surface area contributed by atoms with Crippen molar-refractivity contribution in [3.8, 4) is 0 Å². The van der Waals surface area contributed by atoms with E-state index in [1.807, 2.05) is 0 Å². The lowest BCUT2D eigenvalue weighted by atomic mass is 9.36. The number of hydrogen-bond donors (Lipinski definition) is 3. The van der Waals surface area contributed by atoms with E-state index in [9.17, 15) is 24.9 Å². The molecule has 0 radical (unpaired) electrons. The van der Waals surface area contributed by atoms with Gasteiger partial charge in [-0.15, -0.1) is 0 Å². The summed E-state index contributed by atoms with van der Waals surface area (Å²) in [5.41, 5.74) is 2.70. The molecule has 0 aromatic heterocycles. The number of carboxylic acids is 1. The summed E-state index contributed by atoms with van der Waals surface area (Å²) < 4.78 is 5.98. The number of carbonyl (C=O) groups excluding carboxylic acids is 1. The van der Waals surface area contributed by atoms with E-state index in [1.165, 1.54) is 12.5 Å². The van der Waals surface area contributed by atoms with Crippen LogP contribution in [0.3, 0.4) is 0 Å². The molecule has 4 fully saturated rings. The van der Waals surface area contributed by atoms with Gasteiger partial charge in [-0.1, -0.05) is 65.2 Å². The quantitative estimate of drug-likeness (QED) is 0.108. The van der Waals surface area contributed by atoms with Crippen molar-refractivity contribution in [1.82, 2.24) is 0 Å². The van der Waals surface area contributed by atoms with Crippen LogP contribution >= 0.6 is 0 Å². The van der Waals surface area contributed by atoms with E-state index in [-0.39, 0.29) is 40.1 Å². The summed E-state index contributed by atoms with van der Waals surface area (Å²) in [7, 11) is 0. The fourth-order valence-electron chi connectivity index (χ4n) is 10.6. The molecular formula is C37H58O6. The van der Waals surface area contributed by atoms with Crippen molar-refractivity contribution < 1.29 is 29.6 Å². The highest BCUT2D eigenvalue weighted by atomic mass is 16.5. The zero-order valence-electron chi connectivity index (χ0n) is 28.0. The molecule has 43 heavy (non-hydrogen) atoms. The molecule has 6 nitrogen and oxygen atoms in total. The molecular weight excluding hydrogens is 540 g/mol. The van der Waals surface area contributed by atoms with Crippen molar-refractivity contribution in [3.63, 3.8) is 0 Å². The van der Waals surface area contributed by atoms with Crippen molar-refractivity contribution in [2.75, 3.05) is 0 Å². The maximum Gasteiger partial charge on any atom is 0.331 e. The summed E-state index contributed by atoms with van der Waals surface area (Å²) in [4.78, 5) is 25.4. The first kappa shape index (κ1) is 34.0. The van der Waals surface area contributed by atoms with E-state index >= 15 is 0 Å². The second-order valence-electron chi connectivity index (χ2n) is 15.4. The van der Waals surface area contributed by atoms with Gasteiger partial charge < -0.3 is 20.1 Å². The Labute approximate surface area is 260 Å². The number of fused-ring (bicyclic) bond motifs is 5. The van der Waals surface area contributed by atoms with Crippen LogP contribution in [0, 0.1) is 39.9 Å². The minimum absolute atomic E-state index is 0.0334. The third-order valence-corrected chi connectivity index (χ3v) is 13.0. The van der Waals surface area contributed by atoms with Gasteiger partial charge in [0.15, 0.2) is 0 Å². The van der Waals surface area contributed by atoms with Gasteiger partial charge >= 0.3 is 11.9 Å². The first-order chi connectivity index (χ1) is 20.1. The van der Waals surface area contributed by atoms with Gasteiger partial charge in [-0.3, -0.25) is 4.79 Å². The van der Waals surface area contributed by atoms with E-state index in [0.29, 0.717) is 37.2 Å². The second kappa shape index (κ2) is 12.8. The predicted molar refractivity (Wildman–Crippen MR) is 170 cm³/mol. The molecule has 0 bridgehead atoms. The van der Waals surface area contributed by atoms with Gasteiger partial charge in [0, 0.05) is 12.5 Å². The van der Waals surface area contributed by atoms with Gasteiger partial charge in [0.25, 0.3) is 0 Å². The van der Waals surface area contributed by atoms with E-state index in [2.05, 4.69) is 60.6 Å². The average molecular weight is 599 g/mol. The van der Waals surface area contributed by atoms with Crippen molar-refractivity contribution in [1.29, 1.82) is 0 Å². The zero-order valence-corrected chi connectivity index (χ0v) is 28.0. The third kappa shape index (κ3) is 5.92. The van der Waals surface area contributed by atoms with Crippen LogP contribution in [-0.4, -0.2) is 45.6 Å². The number of rotatable bonds is 9. The Morgan fingerprint density at radius 1 is 1.00 bits per heavy atom. The minimum Gasteiger partial charge on any atom is -0.478 e. The molecule has 0 spiro atoms. The van der Waals surface area contributed by atoms with Crippen LogP contribution in [0.2, 0.25) is 0 Å². The Hall–Kier alpha value is -1.92. The molecule has 0 amide bonds. The van der Waals surface area contributed by atoms with Crippen molar-refractivity contribution >= 4 is 11.9 Å². The van der Waals surface area contributed by atoms with Gasteiger partial charge in [-0.05, 0) is 123 Å². The number of aliphatic carboxylic acids is 1. The summed E-state index contributed by atoms with van der Waals surface area (Å²) in [6.07, 6.45) is 11.7. The Kier molecular flexibility index (Phi) is 10.1. The van der Waals surface area contributed by atoms with Gasteiger partial charge in [-0.25, -0.2) is 4.79 Å². The highest BCUT2D eigenvalue weighted by Crippen LogP contribution is 2.74. The molecule has 0 aromatic carbocycles. The van der Waals surface area contributed by atoms with Gasteiger partial charge in [0.1, 0.15) is 6.10 Å². The number of hydrogen-bond acceptors (Lipinski definition) is 5. The SMILES string of the molecule is CCCCC=CC(CCC(C(=O)O)=C1[C@@H](OC(C)=O)C[C@@]2(C)[C@@H]1C[C@@H](O)[C@@H]1[C@@]3(C)CC[C@@H](O)[C@@H](C)[C@H]3CC[C@@]12C)=C(C)C. The van der Waals surface area contributed by atoms with Gasteiger partial charge in [0.05, 0.1) is 12.2 Å². The number of aliphatic hydroxyl groups excluding tert-OH is 2. The first-order valence-electron chi connectivity index (χ1n) is 16.9. The summed E-state index contributed by atoms with van der Waals surface area (Å²) in [5.74, 6) is -0.967. The van der Waals surface area contributed by atoms with Crippen LogP contribution in [0.1, 0.15) is 126 Å². The molecule has 242 valence electrons. The van der Waals surface area contributed by atoms with Crippen molar-refractivity contribution in [2.45, 2.75) is 144 Å². The molecule has 3 N–H and O–H groups in total. The maximum atomic E-state index is 13.0. The molecule has 4 aliphatic carbocycles. The van der Waals surface area contributed by atoms with Crippen LogP contribution in [0.25, 0.3) is 0 Å². The summed E-state index contributed by atoms with van der Waals surface area (Å²) in [6.45, 7) is 16.8. The lowest BCUT2D eigenvalue weighted by Gasteiger charge is -2.69. The third-order valence-electron chi connectivity index (χ3n) is 13.0. The van der Waals surface area contributed by atoms with E-state index < -0.39 is 24.1 Å². The van der Waals surface area contributed by atoms with E-state index in [0.717, 1.165) is 56.1 Å². The molecule has 6 heteroatoms. The Morgan fingerprint density at radius 3 is 2.30 bits per heavy atom. The largest absolute Gasteiger partial charge is 0.478 e. The fraction of sp³-hybridized carbons (Fsp3) is 0.784. The predicted octanol–water partition coefficient (Wildman–Crippen LogP) is 7.78. The van der Waals surface area contributed by atoms with Crippen LogP contribution in [-0.2, 0) is 14.3 Å². The zero-order chi connectivity index (χ0) is 31.9. The molecule has 10 atom stereocenters. The lowest BCUT2D eigenvalue weighted by molar-refractivity contribution is -0.234. The van der Waals surface area contributed by atoms with Crippen LogP contribution in [0.4, 0.5) is 0 Å². The Morgan fingerprint density at radius 2 is 1.70 bits per heavy atom. The molecule has 4 aliphatic rings. The monoisotopic (exact) mass is 598 g/mol. The molecule has 0 unspecified atom stereocenters. The standard InChI is InChI=1S/C37H58O6/c1-9-10-11-12-13-25(22(2)3)14-15-26(34(41)42)32-28-20-30(40)33-35(6)18-17-29(39)23(4)27(35)16-19-36(33,7)37(28,8)21-31(32)43-24(5)38/h12-13,23,27-31,33,39-40H,9-11,14-21H2,1-8H3,(H,41,42)/t23-,27+,28+,29+,30+,31-,33+,35-,36-,37-/m0/s1. The highest BCUT2D eigenvalue weighted by molar-refractivity contribution is 5.88. The molecule has 4 rings (SSSR count). The number of allylic oxidation sites excluding steroid dienone is 4. The van der Waals surface area contributed by atoms with E-state index in [4.69, 9.17) is 4.74 Å². The van der Waals surface area contributed by atoms with Crippen molar-refractivity contribution in [3.05, 3.63) is 34.4 Å². The number of esters is 1. The Balaban J connectivity index is 1.76. The second-order valence-corrected chi connectivity index (χ2v) is 15.4. The summed E-state index contributed by atoms with van der Waals surface area (Å²) in [5, 5.41) is 33.5. The Bertz CT molecular complexity index is 1160. The molecule has 4 saturated carbocycles. The number of aliphatic hydroxyl groups is 2. The molecule has 0 aliphatic heterocycles. The normalized spacial score (nSPS) is 41.7. The average Bonchev–Trinajstić information content (AvgIpc) is 3.18. The molecule has 0 heterocycles. The number of ether oxygens (including phenoxy) is 1. The smallest absolute Gasteiger partial charge is 0.331 e. The van der Waals surface area contributed by atoms with E-state index in [1.54, 1.807) is 0 Å². The maximum absolute atomic E-state index is 13.0. The van der Waals surface area contributed by atoms with Crippen molar-refractivity contribution in [2.24, 2.45) is 39.9 Å². The lowest BCUT2D eigenvalue weighted by Crippen LogP contribution is -2.65. The highest BCUT2D eigenvalue weighted by Gasteiger charge is 2.70. The molecule has 0 saturated heterocycles. The topological polar surface area (TPSA) is 104 Å². The minimum atomic E-state index is -0.952. The van der Waals surface area contributed by atoms with Crippen LogP contribution in [0.15, 0.2) is 34.4 Å². The molecule has 0 aromatic rings. The van der Waals surface area contributed by atoms with Gasteiger partial charge in [-0.2, -0.15) is 0 Å². The van der Waals surface area contributed by atoms with Gasteiger partial charge in [0.2, 0.25) is 0 Å². The summed E-state index contributed by atoms with van der Waals surface area (Å²) >= 11 is 0. The van der Waals surface area contributed by atoms with Crippen LogP contribution < -0.4 is 0 Å². The fourth-order valence-corrected chi connectivity index (χ4v) is 10.6. The summed E-state index contributed by atoms with van der Waals surface area (Å²) in [6, 6.07) is 0. The first-order valence-corrected chi connectivity index (χ1v) is 16.9. The number of carbonyl (C=O) groups is 2. The number of carboxylic acid groups (broad SMARTS) is 1. The van der Waals surface area contributed by atoms with Crippen LogP contribution in [0.5, 0.6) is 0 Å². The number of unbranched alkanes of at least 4 members (excludes halogenated alkanes) is 2.